The molecule has 0 saturated carbocycles. The van der Waals surface area contributed by atoms with E-state index in [4.69, 9.17) is 0 Å². The van der Waals surface area contributed by atoms with Crippen LogP contribution >= 0.6 is 0 Å². The predicted molar refractivity (Wildman–Crippen MR) is 89.9 cm³/mol. The SMILES string of the molecule is CC[C@@H]1Cc2ccccc2[C@](C)(NC)c2ccc(C)cc21. The highest BCUT2D eigenvalue weighted by Gasteiger charge is 2.35. The highest BCUT2D eigenvalue weighted by molar-refractivity contribution is 5.51. The fraction of sp³-hybridized carbons (Fsp3) is 0.400. The van der Waals surface area contributed by atoms with Crippen molar-refractivity contribution in [2.24, 2.45) is 0 Å². The molecule has 0 aromatic heterocycles. The standard InChI is InChI=1S/C20H25N/c1-5-15-13-16-8-6-7-9-18(16)20(3,21-4)19-11-10-14(2)12-17(15)19/h6-12,15,21H,5,13H2,1-4H3/t15-,20+/m1/s1. The normalized spacial score (nSPS) is 24.1. The molecule has 2 atom stereocenters. The first kappa shape index (κ1) is 14.3. The fourth-order valence-electron chi connectivity index (χ4n) is 3.82. The molecule has 0 radical (unpaired) electrons. The molecule has 0 fully saturated rings. The van der Waals surface area contributed by atoms with E-state index in [-0.39, 0.29) is 5.54 Å². The number of rotatable bonds is 2. The van der Waals surface area contributed by atoms with Gasteiger partial charge in [0.05, 0.1) is 5.54 Å². The van der Waals surface area contributed by atoms with E-state index in [1.165, 1.54) is 34.2 Å². The summed E-state index contributed by atoms with van der Waals surface area (Å²) in [6.07, 6.45) is 2.32. The average Bonchev–Trinajstić information content (AvgIpc) is 2.61. The van der Waals surface area contributed by atoms with Crippen LogP contribution in [0.4, 0.5) is 0 Å². The third-order valence-corrected chi connectivity index (χ3v) is 5.20. The van der Waals surface area contributed by atoms with E-state index >= 15 is 0 Å². The summed E-state index contributed by atoms with van der Waals surface area (Å²) < 4.78 is 0. The Morgan fingerprint density at radius 3 is 2.62 bits per heavy atom. The Hall–Kier alpha value is -1.60. The van der Waals surface area contributed by atoms with E-state index in [0.29, 0.717) is 5.92 Å². The van der Waals surface area contributed by atoms with Crippen LogP contribution in [0.1, 0.15) is 54.0 Å². The van der Waals surface area contributed by atoms with Crippen LogP contribution in [0.2, 0.25) is 0 Å². The second-order valence-electron chi connectivity index (χ2n) is 6.43. The van der Waals surface area contributed by atoms with Crippen LogP contribution in [-0.2, 0) is 12.0 Å². The first-order chi connectivity index (χ1) is 10.1. The maximum atomic E-state index is 3.60. The minimum absolute atomic E-state index is 0.108. The van der Waals surface area contributed by atoms with Crippen LogP contribution < -0.4 is 5.32 Å². The molecule has 1 N–H and O–H groups in total. The van der Waals surface area contributed by atoms with Crippen molar-refractivity contribution in [3.8, 4) is 0 Å². The number of aryl methyl sites for hydroxylation is 1. The zero-order chi connectivity index (χ0) is 15.0. The molecule has 0 bridgehead atoms. The molecule has 0 spiro atoms. The van der Waals surface area contributed by atoms with Gasteiger partial charge in [0.2, 0.25) is 0 Å². The Bertz CT molecular complexity index is 659. The van der Waals surface area contributed by atoms with Crippen LogP contribution in [0.3, 0.4) is 0 Å². The maximum Gasteiger partial charge on any atom is 0.0664 e. The summed E-state index contributed by atoms with van der Waals surface area (Å²) in [4.78, 5) is 0. The number of fused-ring (bicyclic) bond motifs is 2. The second-order valence-corrected chi connectivity index (χ2v) is 6.43. The van der Waals surface area contributed by atoms with Crippen molar-refractivity contribution >= 4 is 0 Å². The highest BCUT2D eigenvalue weighted by Crippen LogP contribution is 2.42. The lowest BCUT2D eigenvalue weighted by Crippen LogP contribution is -2.38. The largest absolute Gasteiger partial charge is 0.307 e. The van der Waals surface area contributed by atoms with Crippen LogP contribution in [0.5, 0.6) is 0 Å². The van der Waals surface area contributed by atoms with Gasteiger partial charge in [0, 0.05) is 0 Å². The van der Waals surface area contributed by atoms with Gasteiger partial charge in [0.15, 0.2) is 0 Å². The Morgan fingerprint density at radius 1 is 1.14 bits per heavy atom. The summed E-state index contributed by atoms with van der Waals surface area (Å²) >= 11 is 0. The van der Waals surface area contributed by atoms with Gasteiger partial charge in [-0.15, -0.1) is 0 Å². The molecule has 0 aliphatic heterocycles. The predicted octanol–water partition coefficient (Wildman–Crippen LogP) is 4.53. The number of benzene rings is 2. The van der Waals surface area contributed by atoms with Crippen molar-refractivity contribution in [3.63, 3.8) is 0 Å². The Balaban J connectivity index is 2.32. The van der Waals surface area contributed by atoms with Crippen molar-refractivity contribution in [2.45, 2.75) is 45.1 Å². The Morgan fingerprint density at radius 2 is 1.90 bits per heavy atom. The molecule has 0 amide bonds. The molecule has 1 aliphatic rings. The lowest BCUT2D eigenvalue weighted by atomic mass is 9.80. The molecule has 2 aromatic carbocycles. The molecule has 0 unspecified atom stereocenters. The van der Waals surface area contributed by atoms with Gasteiger partial charge in [-0.05, 0) is 61.9 Å². The molecular formula is C20H25N. The molecule has 1 aliphatic carbocycles. The molecule has 2 aromatic rings. The van der Waals surface area contributed by atoms with Crippen LogP contribution in [-0.4, -0.2) is 7.05 Å². The Kier molecular flexibility index (Phi) is 3.62. The smallest absolute Gasteiger partial charge is 0.0664 e. The van der Waals surface area contributed by atoms with Crippen LogP contribution in [0, 0.1) is 6.92 Å². The van der Waals surface area contributed by atoms with Crippen molar-refractivity contribution in [1.29, 1.82) is 0 Å². The van der Waals surface area contributed by atoms with Gasteiger partial charge in [-0.2, -0.15) is 0 Å². The molecule has 1 heteroatoms. The summed E-state index contributed by atoms with van der Waals surface area (Å²) in [6.45, 7) is 6.82. The number of hydrogen-bond acceptors (Lipinski definition) is 1. The molecule has 3 rings (SSSR count). The lowest BCUT2D eigenvalue weighted by Gasteiger charge is -2.33. The highest BCUT2D eigenvalue weighted by atomic mass is 14.9. The van der Waals surface area contributed by atoms with Gasteiger partial charge >= 0.3 is 0 Å². The van der Waals surface area contributed by atoms with Crippen LogP contribution in [0.25, 0.3) is 0 Å². The zero-order valence-corrected chi connectivity index (χ0v) is 13.5. The van der Waals surface area contributed by atoms with Gasteiger partial charge in [0.1, 0.15) is 0 Å². The van der Waals surface area contributed by atoms with Gasteiger partial charge < -0.3 is 5.32 Å². The van der Waals surface area contributed by atoms with Crippen molar-refractivity contribution < 1.29 is 0 Å². The van der Waals surface area contributed by atoms with E-state index < -0.39 is 0 Å². The Labute approximate surface area is 128 Å². The molecule has 1 nitrogen and oxygen atoms in total. The van der Waals surface area contributed by atoms with Gasteiger partial charge in [0.25, 0.3) is 0 Å². The fourth-order valence-corrected chi connectivity index (χ4v) is 3.82. The third kappa shape index (κ3) is 2.20. The quantitative estimate of drug-likeness (QED) is 0.851. The van der Waals surface area contributed by atoms with E-state index in [1.54, 1.807) is 0 Å². The van der Waals surface area contributed by atoms with Crippen molar-refractivity contribution in [2.75, 3.05) is 7.05 Å². The van der Waals surface area contributed by atoms with E-state index in [1.807, 2.05) is 0 Å². The first-order valence-corrected chi connectivity index (χ1v) is 7.98. The van der Waals surface area contributed by atoms with Gasteiger partial charge in [-0.25, -0.2) is 0 Å². The summed E-state index contributed by atoms with van der Waals surface area (Å²) in [5.74, 6) is 0.608. The second kappa shape index (κ2) is 5.31. The molecule has 0 heterocycles. The molecule has 21 heavy (non-hydrogen) atoms. The zero-order valence-electron chi connectivity index (χ0n) is 13.5. The molecule has 0 saturated heterocycles. The molecule has 110 valence electrons. The third-order valence-electron chi connectivity index (χ3n) is 5.20. The van der Waals surface area contributed by atoms with Crippen molar-refractivity contribution in [3.05, 3.63) is 70.3 Å². The topological polar surface area (TPSA) is 12.0 Å². The summed E-state index contributed by atoms with van der Waals surface area (Å²) in [5.41, 5.74) is 7.11. The monoisotopic (exact) mass is 279 g/mol. The van der Waals surface area contributed by atoms with Gasteiger partial charge in [-0.1, -0.05) is 55.0 Å². The van der Waals surface area contributed by atoms with Crippen LogP contribution in [0.15, 0.2) is 42.5 Å². The summed E-state index contributed by atoms with van der Waals surface area (Å²) in [6, 6.07) is 15.9. The van der Waals surface area contributed by atoms with E-state index in [0.717, 1.165) is 6.42 Å². The van der Waals surface area contributed by atoms with E-state index in [9.17, 15) is 0 Å². The summed E-state index contributed by atoms with van der Waals surface area (Å²) in [5, 5.41) is 3.60. The minimum Gasteiger partial charge on any atom is -0.307 e. The maximum absolute atomic E-state index is 3.60. The molecular weight excluding hydrogens is 254 g/mol. The summed E-state index contributed by atoms with van der Waals surface area (Å²) in [7, 11) is 2.08. The lowest BCUT2D eigenvalue weighted by molar-refractivity contribution is 0.481. The minimum atomic E-state index is -0.108. The van der Waals surface area contributed by atoms with Gasteiger partial charge in [-0.3, -0.25) is 0 Å². The number of nitrogens with one attached hydrogen (secondary N) is 1. The van der Waals surface area contributed by atoms with E-state index in [2.05, 4.69) is 75.6 Å². The van der Waals surface area contributed by atoms with Crippen molar-refractivity contribution in [1.82, 2.24) is 5.32 Å². The average molecular weight is 279 g/mol. The number of hydrogen-bond donors (Lipinski definition) is 1. The first-order valence-electron chi connectivity index (χ1n) is 7.98.